The summed E-state index contributed by atoms with van der Waals surface area (Å²) in [6.45, 7) is 2.19. The second-order valence-electron chi connectivity index (χ2n) is 3.57. The first-order chi connectivity index (χ1) is 5.31. The summed E-state index contributed by atoms with van der Waals surface area (Å²) < 4.78 is 0. The van der Waals surface area contributed by atoms with Crippen LogP contribution in [0.5, 0.6) is 0 Å². The first-order valence-corrected chi connectivity index (χ1v) is 4.42. The molecule has 2 aliphatic carbocycles. The van der Waals surface area contributed by atoms with Gasteiger partial charge in [0.25, 0.3) is 0 Å². The van der Waals surface area contributed by atoms with Crippen molar-refractivity contribution < 1.29 is 5.11 Å². The number of hydrogen-bond acceptors (Lipinski definition) is 1. The maximum Gasteiger partial charge on any atom is 0.111 e. The lowest BCUT2D eigenvalue weighted by Crippen LogP contribution is -1.95. The number of fused-ring (bicyclic) bond motifs is 1. The van der Waals surface area contributed by atoms with Crippen molar-refractivity contribution in [3.8, 4) is 0 Å². The van der Waals surface area contributed by atoms with Crippen molar-refractivity contribution in [2.45, 2.75) is 26.2 Å². The van der Waals surface area contributed by atoms with E-state index < -0.39 is 0 Å². The minimum atomic E-state index is 0.493. The molecule has 0 bridgehead atoms. The van der Waals surface area contributed by atoms with Gasteiger partial charge in [0.15, 0.2) is 0 Å². The van der Waals surface area contributed by atoms with Gasteiger partial charge < -0.3 is 5.11 Å². The minimum Gasteiger partial charge on any atom is -0.508 e. The summed E-state index contributed by atoms with van der Waals surface area (Å²) in [4.78, 5) is 0. The molecule has 0 aliphatic heterocycles. The molecule has 1 fully saturated rings. The molecule has 0 heterocycles. The highest BCUT2D eigenvalue weighted by atomic mass is 16.3. The van der Waals surface area contributed by atoms with Gasteiger partial charge in [0, 0.05) is 0 Å². The van der Waals surface area contributed by atoms with Gasteiger partial charge in [-0.25, -0.2) is 0 Å². The third-order valence-corrected chi connectivity index (χ3v) is 2.57. The molecule has 0 saturated heterocycles. The van der Waals surface area contributed by atoms with Gasteiger partial charge in [-0.2, -0.15) is 0 Å². The van der Waals surface area contributed by atoms with Crippen LogP contribution in [0.1, 0.15) is 26.2 Å². The average Bonchev–Trinajstić information content (AvgIpc) is 2.66. The molecule has 2 rings (SSSR count). The van der Waals surface area contributed by atoms with Gasteiger partial charge in [0.1, 0.15) is 5.76 Å². The largest absolute Gasteiger partial charge is 0.508 e. The van der Waals surface area contributed by atoms with Crippen LogP contribution in [0.25, 0.3) is 0 Å². The SMILES string of the molecule is CCCC1=CC(O)=CC2CC12. The predicted octanol–water partition coefficient (Wildman–Crippen LogP) is 2.80. The molecule has 0 aromatic heterocycles. The van der Waals surface area contributed by atoms with Crippen molar-refractivity contribution in [2.75, 3.05) is 0 Å². The molecule has 11 heavy (non-hydrogen) atoms. The van der Waals surface area contributed by atoms with Crippen LogP contribution >= 0.6 is 0 Å². The fourth-order valence-electron chi connectivity index (χ4n) is 1.94. The van der Waals surface area contributed by atoms with Gasteiger partial charge in [-0.3, -0.25) is 0 Å². The monoisotopic (exact) mass is 150 g/mol. The first-order valence-electron chi connectivity index (χ1n) is 4.42. The maximum absolute atomic E-state index is 9.29. The lowest BCUT2D eigenvalue weighted by atomic mass is 10.00. The van der Waals surface area contributed by atoms with Crippen LogP contribution in [0.3, 0.4) is 0 Å². The van der Waals surface area contributed by atoms with E-state index in [1.54, 1.807) is 0 Å². The van der Waals surface area contributed by atoms with Gasteiger partial charge in [0.05, 0.1) is 0 Å². The fraction of sp³-hybridized carbons (Fsp3) is 0.600. The first kappa shape index (κ1) is 6.96. The Bertz CT molecular complexity index is 225. The van der Waals surface area contributed by atoms with E-state index in [2.05, 4.69) is 6.92 Å². The van der Waals surface area contributed by atoms with Crippen molar-refractivity contribution in [3.05, 3.63) is 23.5 Å². The molecule has 0 aromatic rings. The molecule has 0 amide bonds. The summed E-state index contributed by atoms with van der Waals surface area (Å²) in [5.41, 5.74) is 1.47. The molecule has 0 radical (unpaired) electrons. The van der Waals surface area contributed by atoms with E-state index in [4.69, 9.17) is 0 Å². The molecule has 1 saturated carbocycles. The van der Waals surface area contributed by atoms with E-state index in [1.807, 2.05) is 12.2 Å². The van der Waals surface area contributed by atoms with Crippen LogP contribution in [0.15, 0.2) is 23.5 Å². The minimum absolute atomic E-state index is 0.493. The standard InChI is InChI=1S/C10H14O/c1-2-3-7-4-9(11)5-8-6-10(7)8/h4-5,8,10-11H,2-3,6H2,1H3. The second-order valence-corrected chi connectivity index (χ2v) is 3.57. The van der Waals surface area contributed by atoms with E-state index in [0.717, 1.165) is 5.92 Å². The molecular formula is C10H14O. The van der Waals surface area contributed by atoms with Crippen LogP contribution in [0, 0.1) is 11.8 Å². The summed E-state index contributed by atoms with van der Waals surface area (Å²) >= 11 is 0. The Morgan fingerprint density at radius 2 is 2.45 bits per heavy atom. The van der Waals surface area contributed by atoms with Gasteiger partial charge in [-0.15, -0.1) is 0 Å². The molecule has 0 aromatic carbocycles. The highest BCUT2D eigenvalue weighted by Crippen LogP contribution is 2.49. The molecule has 2 aliphatic rings. The lowest BCUT2D eigenvalue weighted by molar-refractivity contribution is 0.423. The number of aliphatic hydroxyl groups is 1. The van der Waals surface area contributed by atoms with Crippen molar-refractivity contribution in [1.29, 1.82) is 0 Å². The molecular weight excluding hydrogens is 136 g/mol. The number of allylic oxidation sites excluding steroid dienone is 3. The highest BCUT2D eigenvalue weighted by Gasteiger charge is 2.40. The third-order valence-electron chi connectivity index (χ3n) is 2.57. The number of aliphatic hydroxyl groups excluding tert-OH is 1. The van der Waals surface area contributed by atoms with Crippen LogP contribution in [-0.4, -0.2) is 5.11 Å². The number of rotatable bonds is 2. The van der Waals surface area contributed by atoms with Crippen molar-refractivity contribution in [1.82, 2.24) is 0 Å². The predicted molar refractivity (Wildman–Crippen MR) is 45.3 cm³/mol. The summed E-state index contributed by atoms with van der Waals surface area (Å²) in [5, 5.41) is 9.29. The Balaban J connectivity index is 2.12. The van der Waals surface area contributed by atoms with E-state index in [-0.39, 0.29) is 0 Å². The normalized spacial score (nSPS) is 33.9. The summed E-state index contributed by atoms with van der Waals surface area (Å²) in [6, 6.07) is 0. The smallest absolute Gasteiger partial charge is 0.111 e. The molecule has 2 unspecified atom stereocenters. The Morgan fingerprint density at radius 3 is 3.18 bits per heavy atom. The third kappa shape index (κ3) is 1.20. The van der Waals surface area contributed by atoms with Gasteiger partial charge in [0.2, 0.25) is 0 Å². The molecule has 1 N–H and O–H groups in total. The van der Waals surface area contributed by atoms with E-state index in [1.165, 1.54) is 24.8 Å². The number of hydrogen-bond donors (Lipinski definition) is 1. The topological polar surface area (TPSA) is 20.2 Å². The Hall–Kier alpha value is -0.720. The van der Waals surface area contributed by atoms with Crippen molar-refractivity contribution >= 4 is 0 Å². The molecule has 60 valence electrons. The van der Waals surface area contributed by atoms with E-state index >= 15 is 0 Å². The van der Waals surface area contributed by atoms with Crippen molar-refractivity contribution in [2.24, 2.45) is 11.8 Å². The zero-order valence-corrected chi connectivity index (χ0v) is 6.88. The Labute approximate surface area is 67.4 Å². The van der Waals surface area contributed by atoms with Crippen LogP contribution in [0.2, 0.25) is 0 Å². The van der Waals surface area contributed by atoms with Crippen LogP contribution in [0.4, 0.5) is 0 Å². The fourth-order valence-corrected chi connectivity index (χ4v) is 1.94. The zero-order chi connectivity index (χ0) is 7.84. The average molecular weight is 150 g/mol. The van der Waals surface area contributed by atoms with E-state index in [0.29, 0.717) is 11.7 Å². The second kappa shape index (κ2) is 2.40. The molecule has 0 spiro atoms. The Morgan fingerprint density at radius 1 is 1.64 bits per heavy atom. The summed E-state index contributed by atoms with van der Waals surface area (Å²) in [6.07, 6.45) is 7.58. The summed E-state index contributed by atoms with van der Waals surface area (Å²) in [7, 11) is 0. The maximum atomic E-state index is 9.29. The quantitative estimate of drug-likeness (QED) is 0.641. The van der Waals surface area contributed by atoms with Crippen molar-refractivity contribution in [3.63, 3.8) is 0 Å². The zero-order valence-electron chi connectivity index (χ0n) is 6.88. The summed E-state index contributed by atoms with van der Waals surface area (Å²) in [5.74, 6) is 1.97. The molecule has 2 atom stereocenters. The van der Waals surface area contributed by atoms with Gasteiger partial charge in [-0.1, -0.05) is 18.9 Å². The van der Waals surface area contributed by atoms with Crippen LogP contribution < -0.4 is 0 Å². The van der Waals surface area contributed by atoms with Crippen LogP contribution in [-0.2, 0) is 0 Å². The molecule has 1 heteroatoms. The lowest BCUT2D eigenvalue weighted by Gasteiger charge is -2.08. The van der Waals surface area contributed by atoms with E-state index in [9.17, 15) is 5.11 Å². The molecule has 1 nitrogen and oxygen atoms in total. The highest BCUT2D eigenvalue weighted by molar-refractivity contribution is 5.33. The van der Waals surface area contributed by atoms with Gasteiger partial charge >= 0.3 is 0 Å². The Kier molecular flexibility index (Phi) is 1.52. The van der Waals surface area contributed by atoms with Gasteiger partial charge in [-0.05, 0) is 36.8 Å².